The molecule has 0 saturated heterocycles. The van der Waals surface area contributed by atoms with Crippen molar-refractivity contribution in [2.45, 2.75) is 45.9 Å². The van der Waals surface area contributed by atoms with Gasteiger partial charge in [0.15, 0.2) is 0 Å². The van der Waals surface area contributed by atoms with Gasteiger partial charge in [-0.15, -0.1) is 0 Å². The van der Waals surface area contributed by atoms with Crippen molar-refractivity contribution in [3.05, 3.63) is 17.0 Å². The molecule has 2 rings (SSSR count). The number of fused-ring (bicyclic) bond motifs is 1. The van der Waals surface area contributed by atoms with E-state index in [-0.39, 0.29) is 18.7 Å². The Morgan fingerprint density at radius 3 is 3.05 bits per heavy atom. The summed E-state index contributed by atoms with van der Waals surface area (Å²) in [5, 5.41) is 16.0. The summed E-state index contributed by atoms with van der Waals surface area (Å²) in [6, 6.07) is 2.10. The fourth-order valence-corrected chi connectivity index (χ4v) is 2.54. The van der Waals surface area contributed by atoms with Crippen molar-refractivity contribution in [2.24, 2.45) is 7.05 Å². The van der Waals surface area contributed by atoms with Crippen molar-refractivity contribution in [3.63, 3.8) is 0 Å². The van der Waals surface area contributed by atoms with Crippen LogP contribution in [0, 0.1) is 11.3 Å². The lowest BCUT2D eigenvalue weighted by molar-refractivity contribution is 0.148. The number of nitrogens with one attached hydrogen (secondary N) is 1. The molecule has 0 bridgehead atoms. The van der Waals surface area contributed by atoms with Crippen LogP contribution in [-0.2, 0) is 31.4 Å². The summed E-state index contributed by atoms with van der Waals surface area (Å²) in [4.78, 5) is 14.0. The first-order valence-electron chi connectivity index (χ1n) is 7.60. The molecule has 1 aromatic heterocycles. The first-order chi connectivity index (χ1) is 10.6. The van der Waals surface area contributed by atoms with Crippen LogP contribution in [0.4, 0.5) is 4.79 Å². The molecule has 0 aromatic carbocycles. The number of urea groups is 1. The molecule has 0 aliphatic carbocycles. The van der Waals surface area contributed by atoms with Gasteiger partial charge in [-0.05, 0) is 19.8 Å². The number of hydrogen-bond donors (Lipinski definition) is 1. The van der Waals surface area contributed by atoms with Crippen LogP contribution in [0.2, 0.25) is 0 Å². The average Bonchev–Trinajstić information content (AvgIpc) is 2.83. The van der Waals surface area contributed by atoms with E-state index >= 15 is 0 Å². The highest BCUT2D eigenvalue weighted by molar-refractivity contribution is 5.74. The summed E-state index contributed by atoms with van der Waals surface area (Å²) in [6.45, 7) is 5.69. The minimum atomic E-state index is -0.0246. The number of carbonyl (C=O) groups is 1. The predicted molar refractivity (Wildman–Crippen MR) is 80.9 cm³/mol. The molecule has 120 valence electrons. The molecule has 2 amide bonds. The van der Waals surface area contributed by atoms with E-state index in [2.05, 4.69) is 10.4 Å². The van der Waals surface area contributed by atoms with Gasteiger partial charge >= 0.3 is 6.03 Å². The zero-order valence-corrected chi connectivity index (χ0v) is 13.4. The number of hydrogen-bond acceptors (Lipinski definition) is 4. The van der Waals surface area contributed by atoms with E-state index in [0.717, 1.165) is 29.8 Å². The van der Waals surface area contributed by atoms with Crippen LogP contribution in [0.3, 0.4) is 0 Å². The lowest BCUT2D eigenvalue weighted by atomic mass is 10.0. The largest absolute Gasteiger partial charge is 0.360 e. The van der Waals surface area contributed by atoms with E-state index in [0.29, 0.717) is 19.7 Å². The molecule has 2 heterocycles. The fraction of sp³-hybridized carbons (Fsp3) is 0.667. The van der Waals surface area contributed by atoms with Crippen LogP contribution in [0.1, 0.15) is 37.2 Å². The second-order valence-electron chi connectivity index (χ2n) is 5.58. The highest BCUT2D eigenvalue weighted by Gasteiger charge is 2.26. The number of ether oxygens (including phenoxy) is 1. The summed E-state index contributed by atoms with van der Waals surface area (Å²) in [6.07, 6.45) is 1.68. The van der Waals surface area contributed by atoms with Crippen molar-refractivity contribution in [2.75, 3.05) is 13.2 Å². The van der Waals surface area contributed by atoms with Crippen molar-refractivity contribution >= 4 is 6.03 Å². The summed E-state index contributed by atoms with van der Waals surface area (Å²) in [5.41, 5.74) is 3.06. The van der Waals surface area contributed by atoms with E-state index in [1.54, 1.807) is 0 Å². The quantitative estimate of drug-likeness (QED) is 0.832. The number of aryl methyl sites for hydroxylation is 1. The molecule has 7 heteroatoms. The molecule has 0 saturated carbocycles. The van der Waals surface area contributed by atoms with Gasteiger partial charge in [-0.25, -0.2) is 4.79 Å². The zero-order valence-electron chi connectivity index (χ0n) is 13.4. The van der Waals surface area contributed by atoms with Gasteiger partial charge in [-0.1, -0.05) is 6.92 Å². The van der Waals surface area contributed by atoms with E-state index in [1.165, 1.54) is 0 Å². The maximum absolute atomic E-state index is 12.2. The number of aromatic nitrogens is 2. The third-order valence-electron chi connectivity index (χ3n) is 4.01. The molecule has 0 spiro atoms. The molecule has 1 aliphatic heterocycles. The van der Waals surface area contributed by atoms with Gasteiger partial charge in [-0.2, -0.15) is 10.4 Å². The maximum atomic E-state index is 12.2. The lowest BCUT2D eigenvalue weighted by Crippen LogP contribution is -2.46. The fourth-order valence-electron chi connectivity index (χ4n) is 2.54. The molecule has 1 N–H and O–H groups in total. The summed E-state index contributed by atoms with van der Waals surface area (Å²) in [7, 11) is 1.88. The van der Waals surface area contributed by atoms with Gasteiger partial charge in [-0.3, -0.25) is 4.68 Å². The number of amides is 2. The Kier molecular flexibility index (Phi) is 5.39. The van der Waals surface area contributed by atoms with Gasteiger partial charge in [0, 0.05) is 25.2 Å². The van der Waals surface area contributed by atoms with Crippen molar-refractivity contribution in [1.29, 1.82) is 5.26 Å². The molecule has 0 unspecified atom stereocenters. The molecule has 0 fully saturated rings. The Balaban J connectivity index is 2.05. The SMILES string of the molecule is CC[C@H](C)NC(=O)N1CCc2c(COCC#N)nn(C)c2C1. The van der Waals surface area contributed by atoms with Gasteiger partial charge in [0.25, 0.3) is 0 Å². The summed E-state index contributed by atoms with van der Waals surface area (Å²) < 4.78 is 7.07. The standard InChI is InChI=1S/C15H23N5O2/c1-4-11(2)17-15(21)20-7-5-12-13(10-22-8-6-16)18-19(3)14(12)9-20/h11H,4-5,7-10H2,1-3H3,(H,17,21)/t11-/m0/s1. The van der Waals surface area contributed by atoms with Gasteiger partial charge < -0.3 is 15.0 Å². The molecule has 1 atom stereocenters. The van der Waals surface area contributed by atoms with E-state index in [9.17, 15) is 4.79 Å². The van der Waals surface area contributed by atoms with Crippen LogP contribution >= 0.6 is 0 Å². The molecular weight excluding hydrogens is 282 g/mol. The number of nitriles is 1. The van der Waals surface area contributed by atoms with Gasteiger partial charge in [0.2, 0.25) is 0 Å². The monoisotopic (exact) mass is 305 g/mol. The Morgan fingerprint density at radius 2 is 2.36 bits per heavy atom. The molecule has 1 aliphatic rings. The molecule has 7 nitrogen and oxygen atoms in total. The lowest BCUT2D eigenvalue weighted by Gasteiger charge is -2.29. The van der Waals surface area contributed by atoms with E-state index in [4.69, 9.17) is 10.00 Å². The Bertz CT molecular complexity index is 575. The van der Waals surface area contributed by atoms with E-state index in [1.807, 2.05) is 36.5 Å². The normalized spacial score (nSPS) is 15.1. The number of carbonyl (C=O) groups excluding carboxylic acids is 1. The second-order valence-corrected chi connectivity index (χ2v) is 5.58. The summed E-state index contributed by atoms with van der Waals surface area (Å²) in [5.74, 6) is 0. The zero-order chi connectivity index (χ0) is 16.1. The highest BCUT2D eigenvalue weighted by Crippen LogP contribution is 2.22. The topological polar surface area (TPSA) is 83.2 Å². The Labute approximate surface area is 130 Å². The van der Waals surface area contributed by atoms with Crippen LogP contribution in [0.25, 0.3) is 0 Å². The Hall–Kier alpha value is -2.07. The van der Waals surface area contributed by atoms with Crippen molar-refractivity contribution in [3.8, 4) is 6.07 Å². The predicted octanol–water partition coefficient (Wildman–Crippen LogP) is 1.33. The van der Waals surface area contributed by atoms with Crippen LogP contribution < -0.4 is 5.32 Å². The molecule has 0 radical (unpaired) electrons. The first-order valence-corrected chi connectivity index (χ1v) is 7.60. The third kappa shape index (κ3) is 3.57. The van der Waals surface area contributed by atoms with Crippen molar-refractivity contribution in [1.82, 2.24) is 20.0 Å². The van der Waals surface area contributed by atoms with E-state index < -0.39 is 0 Å². The smallest absolute Gasteiger partial charge is 0.317 e. The van der Waals surface area contributed by atoms with Crippen LogP contribution in [0.15, 0.2) is 0 Å². The minimum absolute atomic E-state index is 0.0246. The molecule has 1 aromatic rings. The van der Waals surface area contributed by atoms with Gasteiger partial charge in [0.05, 0.1) is 30.6 Å². The number of nitrogens with zero attached hydrogens (tertiary/aromatic N) is 4. The highest BCUT2D eigenvalue weighted by atomic mass is 16.5. The average molecular weight is 305 g/mol. The molecular formula is C15H23N5O2. The third-order valence-corrected chi connectivity index (χ3v) is 4.01. The van der Waals surface area contributed by atoms with Crippen LogP contribution in [-0.4, -0.2) is 39.9 Å². The van der Waals surface area contributed by atoms with Gasteiger partial charge in [0.1, 0.15) is 6.61 Å². The number of rotatable bonds is 5. The van der Waals surface area contributed by atoms with Crippen molar-refractivity contribution < 1.29 is 9.53 Å². The Morgan fingerprint density at radius 1 is 1.59 bits per heavy atom. The summed E-state index contributed by atoms with van der Waals surface area (Å²) >= 11 is 0. The minimum Gasteiger partial charge on any atom is -0.360 e. The second kappa shape index (κ2) is 7.27. The molecule has 22 heavy (non-hydrogen) atoms. The maximum Gasteiger partial charge on any atom is 0.317 e. The first kappa shape index (κ1) is 16.3. The van der Waals surface area contributed by atoms with Crippen LogP contribution in [0.5, 0.6) is 0 Å².